The molecule has 1 aromatic carbocycles. The zero-order valence-corrected chi connectivity index (χ0v) is 12.9. The largest absolute Gasteiger partial charge is 0.497 e. The summed E-state index contributed by atoms with van der Waals surface area (Å²) in [5, 5.41) is 0. The van der Waals surface area contributed by atoms with E-state index in [0.717, 1.165) is 25.1 Å². The van der Waals surface area contributed by atoms with Crippen LogP contribution in [0.25, 0.3) is 0 Å². The van der Waals surface area contributed by atoms with Gasteiger partial charge in [-0.3, -0.25) is 4.79 Å². The average molecular weight is 275 g/mol. The maximum atomic E-state index is 12.1. The monoisotopic (exact) mass is 275 g/mol. The van der Waals surface area contributed by atoms with Crippen molar-refractivity contribution >= 4 is 5.78 Å². The van der Waals surface area contributed by atoms with E-state index in [4.69, 9.17) is 4.74 Å². The van der Waals surface area contributed by atoms with Gasteiger partial charge in [0.25, 0.3) is 0 Å². The van der Waals surface area contributed by atoms with Gasteiger partial charge < -0.3 is 9.64 Å². The lowest BCUT2D eigenvalue weighted by molar-refractivity contribution is -0.126. The van der Waals surface area contributed by atoms with Crippen LogP contribution in [0.5, 0.6) is 5.75 Å². The quantitative estimate of drug-likeness (QED) is 0.846. The molecule has 20 heavy (non-hydrogen) atoms. The summed E-state index contributed by atoms with van der Waals surface area (Å²) in [5.74, 6) is 2.20. The molecule has 3 unspecified atom stereocenters. The SMILES string of the molecule is COc1cccc(C2C(CN(C)C)CCC(=O)C2C)c1. The molecule has 0 spiro atoms. The third kappa shape index (κ3) is 3.21. The summed E-state index contributed by atoms with van der Waals surface area (Å²) < 4.78 is 5.33. The molecule has 1 aliphatic rings. The Balaban J connectivity index is 2.31. The molecule has 0 bridgehead atoms. The smallest absolute Gasteiger partial charge is 0.136 e. The van der Waals surface area contributed by atoms with E-state index >= 15 is 0 Å². The number of benzene rings is 1. The second-order valence-corrected chi connectivity index (χ2v) is 6.12. The number of Topliss-reactive ketones (excluding diaryl/α,β-unsaturated/α-hetero) is 1. The van der Waals surface area contributed by atoms with Crippen LogP contribution in [0.1, 0.15) is 31.2 Å². The van der Waals surface area contributed by atoms with E-state index in [1.165, 1.54) is 5.56 Å². The molecule has 1 aliphatic carbocycles. The van der Waals surface area contributed by atoms with Crippen LogP contribution in [0.2, 0.25) is 0 Å². The Hall–Kier alpha value is -1.35. The number of ether oxygens (including phenoxy) is 1. The molecule has 3 heteroatoms. The van der Waals surface area contributed by atoms with Gasteiger partial charge in [-0.2, -0.15) is 0 Å². The second-order valence-electron chi connectivity index (χ2n) is 6.12. The van der Waals surface area contributed by atoms with Crippen LogP contribution < -0.4 is 4.74 Å². The maximum absolute atomic E-state index is 12.1. The van der Waals surface area contributed by atoms with E-state index in [-0.39, 0.29) is 5.92 Å². The highest BCUT2D eigenvalue weighted by Gasteiger charge is 2.36. The Morgan fingerprint density at radius 3 is 2.75 bits per heavy atom. The third-order valence-electron chi connectivity index (χ3n) is 4.39. The van der Waals surface area contributed by atoms with Crippen molar-refractivity contribution < 1.29 is 9.53 Å². The van der Waals surface area contributed by atoms with Crippen LogP contribution in [-0.2, 0) is 4.79 Å². The van der Waals surface area contributed by atoms with Crippen molar-refractivity contribution in [1.29, 1.82) is 0 Å². The summed E-state index contributed by atoms with van der Waals surface area (Å²) in [6.45, 7) is 3.10. The lowest BCUT2D eigenvalue weighted by Crippen LogP contribution is -2.36. The van der Waals surface area contributed by atoms with Crippen molar-refractivity contribution in [2.75, 3.05) is 27.7 Å². The standard InChI is InChI=1S/C17H25NO2/c1-12-16(19)9-8-14(11-18(2)3)17(12)13-6-5-7-15(10-13)20-4/h5-7,10,12,14,17H,8-9,11H2,1-4H3. The highest BCUT2D eigenvalue weighted by molar-refractivity contribution is 5.82. The van der Waals surface area contributed by atoms with Gasteiger partial charge in [0.15, 0.2) is 0 Å². The van der Waals surface area contributed by atoms with Gasteiger partial charge in [0, 0.05) is 18.9 Å². The molecule has 0 heterocycles. The number of nitrogens with zero attached hydrogens (tertiary/aromatic N) is 1. The molecule has 0 amide bonds. The molecule has 2 rings (SSSR count). The molecule has 3 atom stereocenters. The highest BCUT2D eigenvalue weighted by atomic mass is 16.5. The zero-order valence-electron chi connectivity index (χ0n) is 12.9. The lowest BCUT2D eigenvalue weighted by Gasteiger charge is -2.37. The van der Waals surface area contributed by atoms with Crippen molar-refractivity contribution in [2.45, 2.75) is 25.7 Å². The van der Waals surface area contributed by atoms with Crippen molar-refractivity contribution in [2.24, 2.45) is 11.8 Å². The Bertz CT molecular complexity index is 470. The van der Waals surface area contributed by atoms with Crippen LogP contribution in [-0.4, -0.2) is 38.4 Å². The number of hydrogen-bond acceptors (Lipinski definition) is 3. The number of carbonyl (C=O) groups is 1. The molecule has 1 aromatic rings. The van der Waals surface area contributed by atoms with Crippen molar-refractivity contribution in [3.63, 3.8) is 0 Å². The Morgan fingerprint density at radius 1 is 1.35 bits per heavy atom. The highest BCUT2D eigenvalue weighted by Crippen LogP contribution is 2.41. The van der Waals surface area contributed by atoms with Gasteiger partial charge in [0.05, 0.1) is 7.11 Å². The average Bonchev–Trinajstić information content (AvgIpc) is 2.43. The van der Waals surface area contributed by atoms with E-state index in [1.54, 1.807) is 7.11 Å². The third-order valence-corrected chi connectivity index (χ3v) is 4.39. The van der Waals surface area contributed by atoms with Crippen LogP contribution in [0.15, 0.2) is 24.3 Å². The van der Waals surface area contributed by atoms with Crippen molar-refractivity contribution in [3.8, 4) is 5.75 Å². The summed E-state index contributed by atoms with van der Waals surface area (Å²) in [4.78, 5) is 14.3. The summed E-state index contributed by atoms with van der Waals surface area (Å²) in [5.41, 5.74) is 1.23. The van der Waals surface area contributed by atoms with Crippen LogP contribution >= 0.6 is 0 Å². The van der Waals surface area contributed by atoms with Crippen molar-refractivity contribution in [3.05, 3.63) is 29.8 Å². The molecule has 0 saturated heterocycles. The van der Waals surface area contributed by atoms with Gasteiger partial charge in [-0.25, -0.2) is 0 Å². The molecule has 0 aliphatic heterocycles. The number of methoxy groups -OCH3 is 1. The normalized spacial score (nSPS) is 26.9. The second kappa shape index (κ2) is 6.40. The summed E-state index contributed by atoms with van der Waals surface area (Å²) >= 11 is 0. The Labute approximate surface area is 121 Å². The predicted molar refractivity (Wildman–Crippen MR) is 81.2 cm³/mol. The maximum Gasteiger partial charge on any atom is 0.136 e. The molecule has 0 radical (unpaired) electrons. The molecule has 1 fully saturated rings. The minimum Gasteiger partial charge on any atom is -0.497 e. The van der Waals surface area contributed by atoms with E-state index in [1.807, 2.05) is 12.1 Å². The molecule has 110 valence electrons. The first kappa shape index (κ1) is 15.0. The van der Waals surface area contributed by atoms with Gasteiger partial charge >= 0.3 is 0 Å². The molecule has 1 saturated carbocycles. The first-order chi connectivity index (χ1) is 9.52. The van der Waals surface area contributed by atoms with E-state index in [2.05, 4.69) is 38.1 Å². The topological polar surface area (TPSA) is 29.5 Å². The fourth-order valence-electron chi connectivity index (χ4n) is 3.43. The van der Waals surface area contributed by atoms with Crippen molar-refractivity contribution in [1.82, 2.24) is 4.90 Å². The summed E-state index contributed by atoms with van der Waals surface area (Å²) in [7, 11) is 5.89. The van der Waals surface area contributed by atoms with Crippen LogP contribution in [0.4, 0.5) is 0 Å². The number of rotatable bonds is 4. The first-order valence-electron chi connectivity index (χ1n) is 7.34. The molecular weight excluding hydrogens is 250 g/mol. The Kier molecular flexibility index (Phi) is 4.81. The van der Waals surface area contributed by atoms with Crippen LogP contribution in [0.3, 0.4) is 0 Å². The van der Waals surface area contributed by atoms with Gasteiger partial charge in [-0.1, -0.05) is 19.1 Å². The van der Waals surface area contributed by atoms with E-state index in [9.17, 15) is 4.79 Å². The van der Waals surface area contributed by atoms with Gasteiger partial charge in [-0.15, -0.1) is 0 Å². The number of ketones is 1. The van der Waals surface area contributed by atoms with Crippen LogP contribution in [0, 0.1) is 11.8 Å². The molecule has 3 nitrogen and oxygen atoms in total. The predicted octanol–water partition coefficient (Wildman–Crippen LogP) is 2.96. The number of carbonyl (C=O) groups excluding carboxylic acids is 1. The Morgan fingerprint density at radius 2 is 2.10 bits per heavy atom. The number of hydrogen-bond donors (Lipinski definition) is 0. The summed E-state index contributed by atoms with van der Waals surface area (Å²) in [6.07, 6.45) is 1.71. The first-order valence-corrected chi connectivity index (χ1v) is 7.34. The van der Waals surface area contributed by atoms with E-state index < -0.39 is 0 Å². The fourth-order valence-corrected chi connectivity index (χ4v) is 3.43. The van der Waals surface area contributed by atoms with Gasteiger partial charge in [0.1, 0.15) is 11.5 Å². The van der Waals surface area contributed by atoms with Gasteiger partial charge in [-0.05, 0) is 50.0 Å². The minimum absolute atomic E-state index is 0.0980. The zero-order chi connectivity index (χ0) is 14.7. The summed E-state index contributed by atoms with van der Waals surface area (Å²) in [6, 6.07) is 8.19. The van der Waals surface area contributed by atoms with E-state index in [0.29, 0.717) is 17.6 Å². The minimum atomic E-state index is 0.0980. The fraction of sp³-hybridized carbons (Fsp3) is 0.588. The molecule has 0 aromatic heterocycles. The molecule has 0 N–H and O–H groups in total. The van der Waals surface area contributed by atoms with Gasteiger partial charge in [0.2, 0.25) is 0 Å². The lowest BCUT2D eigenvalue weighted by atomic mass is 9.69. The molecular formula is C17H25NO2.